The maximum Gasteiger partial charge on any atom is 0.139 e. The highest BCUT2D eigenvalue weighted by Crippen LogP contribution is 2.16. The van der Waals surface area contributed by atoms with E-state index < -0.39 is 0 Å². The van der Waals surface area contributed by atoms with Gasteiger partial charge in [0.2, 0.25) is 0 Å². The summed E-state index contributed by atoms with van der Waals surface area (Å²) in [5.74, 6) is 0.567. The summed E-state index contributed by atoms with van der Waals surface area (Å²) < 4.78 is 0. The lowest BCUT2D eigenvalue weighted by Gasteiger charge is -1.96. The summed E-state index contributed by atoms with van der Waals surface area (Å²) in [6.07, 6.45) is 1.87. The summed E-state index contributed by atoms with van der Waals surface area (Å²) in [4.78, 5) is 7.13. The Bertz CT molecular complexity index is 390. The third-order valence-electron chi connectivity index (χ3n) is 1.76. The quantitative estimate of drug-likeness (QED) is 0.624. The van der Waals surface area contributed by atoms with Crippen LogP contribution in [-0.2, 0) is 0 Å². The molecule has 0 radical (unpaired) electrons. The number of pyridine rings is 1. The molecule has 2 rings (SSSR count). The molecule has 2 heterocycles. The molecule has 0 bridgehead atoms. The standard InChI is InChI=1S/C8H9N3.CH4/c1-5-4-7(9)11-8-6(5)2-3-10-8;/h2-4H,1H3,(H3,9,10,11);1H4. The molecule has 0 spiro atoms. The van der Waals surface area contributed by atoms with Crippen LogP contribution in [0.3, 0.4) is 0 Å². The van der Waals surface area contributed by atoms with Gasteiger partial charge in [-0.3, -0.25) is 0 Å². The molecule has 0 amide bonds. The molecule has 0 fully saturated rings. The van der Waals surface area contributed by atoms with Gasteiger partial charge in [0.05, 0.1) is 0 Å². The van der Waals surface area contributed by atoms with E-state index >= 15 is 0 Å². The maximum atomic E-state index is 5.55. The molecule has 0 aliphatic rings. The molecule has 3 heteroatoms. The molecule has 0 aliphatic carbocycles. The largest absolute Gasteiger partial charge is 0.384 e. The number of fused-ring (bicyclic) bond motifs is 1. The van der Waals surface area contributed by atoms with E-state index in [4.69, 9.17) is 5.73 Å². The highest BCUT2D eigenvalue weighted by Gasteiger charge is 1.99. The van der Waals surface area contributed by atoms with Gasteiger partial charge in [0, 0.05) is 11.6 Å². The second-order valence-corrected chi connectivity index (χ2v) is 2.60. The molecule has 0 aliphatic heterocycles. The summed E-state index contributed by atoms with van der Waals surface area (Å²) in [6.45, 7) is 2.02. The van der Waals surface area contributed by atoms with E-state index in [2.05, 4.69) is 9.97 Å². The Balaban J connectivity index is 0.000000720. The molecule has 3 nitrogen and oxygen atoms in total. The first-order chi connectivity index (χ1) is 5.27. The van der Waals surface area contributed by atoms with Crippen LogP contribution in [0.2, 0.25) is 0 Å². The van der Waals surface area contributed by atoms with Crippen molar-refractivity contribution in [2.75, 3.05) is 5.73 Å². The van der Waals surface area contributed by atoms with Crippen molar-refractivity contribution in [2.45, 2.75) is 14.4 Å². The summed E-state index contributed by atoms with van der Waals surface area (Å²) >= 11 is 0. The fourth-order valence-corrected chi connectivity index (χ4v) is 1.23. The second-order valence-electron chi connectivity index (χ2n) is 2.60. The van der Waals surface area contributed by atoms with Gasteiger partial charge in [-0.2, -0.15) is 0 Å². The van der Waals surface area contributed by atoms with Gasteiger partial charge in [-0.15, -0.1) is 0 Å². The van der Waals surface area contributed by atoms with Gasteiger partial charge in [-0.05, 0) is 24.6 Å². The van der Waals surface area contributed by atoms with Gasteiger partial charge in [0.1, 0.15) is 11.5 Å². The first-order valence-corrected chi connectivity index (χ1v) is 3.47. The predicted molar refractivity (Wildman–Crippen MR) is 52.0 cm³/mol. The highest BCUT2D eigenvalue weighted by molar-refractivity contribution is 5.80. The highest BCUT2D eigenvalue weighted by atomic mass is 14.9. The Morgan fingerprint density at radius 1 is 1.50 bits per heavy atom. The Morgan fingerprint density at radius 3 is 3.00 bits per heavy atom. The van der Waals surface area contributed by atoms with Crippen LogP contribution >= 0.6 is 0 Å². The molecule has 64 valence electrons. The zero-order valence-corrected chi connectivity index (χ0v) is 6.26. The van der Waals surface area contributed by atoms with Gasteiger partial charge in [0.25, 0.3) is 0 Å². The maximum absolute atomic E-state index is 5.55. The number of H-pyrrole nitrogens is 1. The minimum Gasteiger partial charge on any atom is -0.384 e. The smallest absolute Gasteiger partial charge is 0.139 e. The molecular formula is C9H13N3. The molecule has 0 atom stereocenters. The van der Waals surface area contributed by atoms with Crippen LogP contribution in [0.15, 0.2) is 18.3 Å². The van der Waals surface area contributed by atoms with Crippen LogP contribution in [0.1, 0.15) is 13.0 Å². The van der Waals surface area contributed by atoms with Crippen LogP contribution in [-0.4, -0.2) is 9.97 Å². The number of aromatic nitrogens is 2. The summed E-state index contributed by atoms with van der Waals surface area (Å²) in [7, 11) is 0. The number of nitrogen functional groups attached to an aromatic ring is 1. The molecule has 2 aromatic rings. The van der Waals surface area contributed by atoms with Gasteiger partial charge >= 0.3 is 0 Å². The normalized spacial score (nSPS) is 9.75. The fraction of sp³-hybridized carbons (Fsp3) is 0.222. The van der Waals surface area contributed by atoms with E-state index in [1.165, 1.54) is 0 Å². The minimum absolute atomic E-state index is 0. The van der Waals surface area contributed by atoms with Crippen LogP contribution in [0.5, 0.6) is 0 Å². The average Bonchev–Trinajstić information content (AvgIpc) is 2.34. The van der Waals surface area contributed by atoms with Gasteiger partial charge in [-0.1, -0.05) is 7.43 Å². The number of hydrogen-bond donors (Lipinski definition) is 2. The van der Waals surface area contributed by atoms with Crippen molar-refractivity contribution in [2.24, 2.45) is 0 Å². The lowest BCUT2D eigenvalue weighted by Crippen LogP contribution is -1.90. The lowest BCUT2D eigenvalue weighted by atomic mass is 10.2. The first kappa shape index (κ1) is 8.59. The predicted octanol–water partition coefficient (Wildman–Crippen LogP) is 2.09. The van der Waals surface area contributed by atoms with E-state index in [-0.39, 0.29) is 7.43 Å². The Morgan fingerprint density at radius 2 is 2.25 bits per heavy atom. The molecule has 3 N–H and O–H groups in total. The van der Waals surface area contributed by atoms with Gasteiger partial charge in [-0.25, -0.2) is 4.98 Å². The molecule has 0 aromatic carbocycles. The number of aryl methyl sites for hydroxylation is 1. The lowest BCUT2D eigenvalue weighted by molar-refractivity contribution is 1.31. The average molecular weight is 163 g/mol. The number of rotatable bonds is 0. The Hall–Kier alpha value is -1.51. The van der Waals surface area contributed by atoms with Crippen molar-refractivity contribution >= 4 is 16.9 Å². The molecule has 0 unspecified atom stereocenters. The van der Waals surface area contributed by atoms with Crippen molar-refractivity contribution in [3.63, 3.8) is 0 Å². The van der Waals surface area contributed by atoms with Crippen molar-refractivity contribution in [1.29, 1.82) is 0 Å². The van der Waals surface area contributed by atoms with Crippen molar-refractivity contribution in [1.82, 2.24) is 9.97 Å². The Kier molecular flexibility index (Phi) is 2.04. The zero-order chi connectivity index (χ0) is 7.84. The third-order valence-corrected chi connectivity index (χ3v) is 1.76. The number of nitrogens with two attached hydrogens (primary N) is 1. The monoisotopic (exact) mass is 163 g/mol. The van der Waals surface area contributed by atoms with Gasteiger partial charge < -0.3 is 10.7 Å². The molecule has 0 saturated heterocycles. The SMILES string of the molecule is C.Cc1cc(N)nc2[nH]ccc12. The zero-order valence-electron chi connectivity index (χ0n) is 6.26. The van der Waals surface area contributed by atoms with E-state index in [9.17, 15) is 0 Å². The van der Waals surface area contributed by atoms with Crippen LogP contribution in [0.4, 0.5) is 5.82 Å². The minimum atomic E-state index is 0. The summed E-state index contributed by atoms with van der Waals surface area (Å²) in [5.41, 5.74) is 7.58. The van der Waals surface area contributed by atoms with Crippen LogP contribution in [0, 0.1) is 6.92 Å². The molecular weight excluding hydrogens is 150 g/mol. The van der Waals surface area contributed by atoms with Crippen molar-refractivity contribution < 1.29 is 0 Å². The van der Waals surface area contributed by atoms with Crippen LogP contribution < -0.4 is 5.73 Å². The van der Waals surface area contributed by atoms with Crippen molar-refractivity contribution in [3.8, 4) is 0 Å². The van der Waals surface area contributed by atoms with E-state index in [1.54, 1.807) is 0 Å². The number of nitrogens with one attached hydrogen (secondary N) is 1. The summed E-state index contributed by atoms with van der Waals surface area (Å²) in [5, 5.41) is 1.14. The molecule has 12 heavy (non-hydrogen) atoms. The van der Waals surface area contributed by atoms with E-state index in [0.717, 1.165) is 16.6 Å². The topological polar surface area (TPSA) is 54.7 Å². The Labute approximate surface area is 71.6 Å². The fourth-order valence-electron chi connectivity index (χ4n) is 1.23. The third kappa shape index (κ3) is 1.13. The number of nitrogens with zero attached hydrogens (tertiary/aromatic N) is 1. The van der Waals surface area contributed by atoms with Crippen LogP contribution in [0.25, 0.3) is 11.0 Å². The van der Waals surface area contributed by atoms with E-state index in [0.29, 0.717) is 5.82 Å². The van der Waals surface area contributed by atoms with Gasteiger partial charge in [0.15, 0.2) is 0 Å². The van der Waals surface area contributed by atoms with Crippen molar-refractivity contribution in [3.05, 3.63) is 23.9 Å². The molecule has 0 saturated carbocycles. The summed E-state index contributed by atoms with van der Waals surface area (Å²) in [6, 6.07) is 3.87. The molecule has 2 aromatic heterocycles. The number of aromatic amines is 1. The first-order valence-electron chi connectivity index (χ1n) is 3.47. The number of anilines is 1. The number of hydrogen-bond acceptors (Lipinski definition) is 2. The second kappa shape index (κ2) is 2.85. The van der Waals surface area contributed by atoms with E-state index in [1.807, 2.05) is 25.3 Å².